The maximum absolute atomic E-state index is 13.1. The van der Waals surface area contributed by atoms with Crippen LogP contribution in [0, 0.1) is 6.92 Å². The average molecular weight is 461 g/mol. The van der Waals surface area contributed by atoms with E-state index in [1.807, 2.05) is 0 Å². The van der Waals surface area contributed by atoms with Gasteiger partial charge in [0.05, 0.1) is 12.1 Å². The zero-order valence-corrected chi connectivity index (χ0v) is 17.4. The summed E-state index contributed by atoms with van der Waals surface area (Å²) in [5.74, 6) is -0.913. The number of aryl methyl sites for hydroxylation is 1. The highest BCUT2D eigenvalue weighted by molar-refractivity contribution is 6.02. The van der Waals surface area contributed by atoms with E-state index in [4.69, 9.17) is 4.52 Å². The number of carbonyl (C=O) groups excluding carboxylic acids is 2. The van der Waals surface area contributed by atoms with Crippen LogP contribution < -0.4 is 16.1 Å². The Morgan fingerprint density at radius 3 is 2.76 bits per heavy atom. The summed E-state index contributed by atoms with van der Waals surface area (Å²) >= 11 is 0. The highest BCUT2D eigenvalue weighted by atomic mass is 19.4. The number of hydrazine groups is 1. The van der Waals surface area contributed by atoms with Crippen molar-refractivity contribution >= 4 is 23.3 Å². The van der Waals surface area contributed by atoms with Crippen LogP contribution in [0.15, 0.2) is 35.1 Å². The van der Waals surface area contributed by atoms with Gasteiger partial charge in [-0.05, 0) is 24.6 Å². The molecular weight excluding hydrogens is 443 g/mol. The van der Waals surface area contributed by atoms with E-state index in [-0.39, 0.29) is 34.9 Å². The Labute approximate surface area is 185 Å². The third kappa shape index (κ3) is 4.77. The van der Waals surface area contributed by atoms with Crippen LogP contribution in [0.4, 0.5) is 24.7 Å². The van der Waals surface area contributed by atoms with Gasteiger partial charge in [0.25, 0.3) is 11.8 Å². The van der Waals surface area contributed by atoms with Gasteiger partial charge < -0.3 is 20.6 Å². The van der Waals surface area contributed by atoms with Crippen molar-refractivity contribution in [1.82, 2.24) is 25.5 Å². The first-order chi connectivity index (χ1) is 15.6. The third-order valence-electron chi connectivity index (χ3n) is 4.87. The Morgan fingerprint density at radius 2 is 2.00 bits per heavy atom. The molecule has 0 aliphatic carbocycles. The van der Waals surface area contributed by atoms with Crippen LogP contribution in [-0.2, 0) is 19.3 Å². The number of halogens is 3. The second kappa shape index (κ2) is 8.50. The van der Waals surface area contributed by atoms with Gasteiger partial charge >= 0.3 is 6.18 Å². The Morgan fingerprint density at radius 1 is 1.21 bits per heavy atom. The van der Waals surface area contributed by atoms with E-state index < -0.39 is 23.6 Å². The summed E-state index contributed by atoms with van der Waals surface area (Å²) in [6.07, 6.45) is -3.27. The lowest BCUT2D eigenvalue weighted by Crippen LogP contribution is -2.25. The Hall–Kier alpha value is -4.00. The van der Waals surface area contributed by atoms with Crippen LogP contribution in [0.2, 0.25) is 0 Å². The summed E-state index contributed by atoms with van der Waals surface area (Å²) in [4.78, 5) is 33.0. The van der Waals surface area contributed by atoms with E-state index >= 15 is 0 Å². The van der Waals surface area contributed by atoms with Gasteiger partial charge in [-0.1, -0.05) is 11.2 Å². The number of fused-ring (bicyclic) bond motifs is 1. The number of nitrogens with zero attached hydrogens (tertiary/aromatic N) is 4. The smallest absolute Gasteiger partial charge is 0.351 e. The zero-order valence-electron chi connectivity index (χ0n) is 17.4. The molecule has 3 N–H and O–H groups in total. The number of hydrogen-bond donors (Lipinski definition) is 3. The molecule has 0 bridgehead atoms. The number of rotatable bonds is 5. The predicted molar refractivity (Wildman–Crippen MR) is 109 cm³/mol. The number of benzene rings is 1. The fourth-order valence-corrected chi connectivity index (χ4v) is 3.27. The molecular formula is C20H18F3N7O3. The van der Waals surface area contributed by atoms with Crippen LogP contribution in [0.3, 0.4) is 0 Å². The first-order valence-electron chi connectivity index (χ1n) is 9.66. The number of alkyl halides is 3. The number of hydrogen-bond acceptors (Lipinski definition) is 8. The van der Waals surface area contributed by atoms with Crippen molar-refractivity contribution in [3.05, 3.63) is 64.4 Å². The molecule has 0 atom stereocenters. The van der Waals surface area contributed by atoms with E-state index in [1.165, 1.54) is 31.5 Å². The summed E-state index contributed by atoms with van der Waals surface area (Å²) in [6.45, 7) is 1.72. The van der Waals surface area contributed by atoms with Gasteiger partial charge in [-0.2, -0.15) is 13.2 Å². The molecule has 2 amide bonds. The Kier molecular flexibility index (Phi) is 5.72. The molecule has 1 aromatic carbocycles. The van der Waals surface area contributed by atoms with Gasteiger partial charge in [0.1, 0.15) is 23.5 Å². The number of anilines is 2. The minimum atomic E-state index is -4.54. The zero-order chi connectivity index (χ0) is 23.8. The number of nitrogens with one attached hydrogen (secondary N) is 3. The lowest BCUT2D eigenvalue weighted by molar-refractivity contribution is -0.138. The molecule has 0 saturated heterocycles. The van der Waals surface area contributed by atoms with Gasteiger partial charge in [0, 0.05) is 30.9 Å². The molecule has 0 unspecified atom stereocenters. The van der Waals surface area contributed by atoms with E-state index in [0.29, 0.717) is 17.9 Å². The highest BCUT2D eigenvalue weighted by Crippen LogP contribution is 2.33. The minimum absolute atomic E-state index is 0.0370. The number of aromatic nitrogens is 3. The molecule has 2 aromatic heterocycles. The molecule has 33 heavy (non-hydrogen) atoms. The predicted octanol–water partition coefficient (Wildman–Crippen LogP) is 2.75. The van der Waals surface area contributed by atoms with Crippen molar-refractivity contribution in [2.24, 2.45) is 0 Å². The molecule has 0 saturated carbocycles. The van der Waals surface area contributed by atoms with Gasteiger partial charge in [-0.15, -0.1) is 0 Å². The fraction of sp³-hybridized carbons (Fsp3) is 0.250. The van der Waals surface area contributed by atoms with Gasteiger partial charge in [0.2, 0.25) is 5.76 Å². The summed E-state index contributed by atoms with van der Waals surface area (Å²) in [5.41, 5.74) is 3.23. The van der Waals surface area contributed by atoms with Crippen molar-refractivity contribution in [3.8, 4) is 0 Å². The molecule has 0 fully saturated rings. The second-order valence-electron chi connectivity index (χ2n) is 7.36. The van der Waals surface area contributed by atoms with Gasteiger partial charge in [-0.25, -0.2) is 15.0 Å². The lowest BCUT2D eigenvalue weighted by Gasteiger charge is -2.12. The second-order valence-corrected chi connectivity index (χ2v) is 7.36. The molecule has 1 aliphatic heterocycles. The quantitative estimate of drug-likeness (QED) is 0.530. The van der Waals surface area contributed by atoms with Gasteiger partial charge in [-0.3, -0.25) is 9.59 Å². The van der Waals surface area contributed by atoms with Crippen molar-refractivity contribution in [2.75, 3.05) is 17.8 Å². The molecule has 172 valence electrons. The topological polar surface area (TPSA) is 125 Å². The standard InChI is InChI=1S/C20H18F3N7O3/c1-10-3-4-11(5-14(10)20(21,22)23)27-18(31)15-6-12(29-33-15)7-24-19(32)16-13-8-30(2)28-17(13)26-9-25-16/h3-6,9H,7-8H2,1-2H3,(H,24,32)(H,27,31)(H,25,26,28). The third-order valence-corrected chi connectivity index (χ3v) is 4.87. The summed E-state index contributed by atoms with van der Waals surface area (Å²) < 4.78 is 44.2. The van der Waals surface area contributed by atoms with Crippen molar-refractivity contribution in [3.63, 3.8) is 0 Å². The van der Waals surface area contributed by atoms with Crippen molar-refractivity contribution in [1.29, 1.82) is 0 Å². The molecule has 3 heterocycles. The van der Waals surface area contributed by atoms with E-state index in [2.05, 4.69) is 31.2 Å². The van der Waals surface area contributed by atoms with Crippen LogP contribution >= 0.6 is 0 Å². The number of amides is 2. The molecule has 4 rings (SSSR count). The maximum atomic E-state index is 13.1. The molecule has 0 spiro atoms. The molecule has 13 heteroatoms. The van der Waals surface area contributed by atoms with Crippen LogP contribution in [0.1, 0.15) is 43.4 Å². The van der Waals surface area contributed by atoms with Gasteiger partial charge in [0.15, 0.2) is 0 Å². The monoisotopic (exact) mass is 461 g/mol. The Bertz CT molecular complexity index is 1230. The normalized spacial score (nSPS) is 13.4. The summed E-state index contributed by atoms with van der Waals surface area (Å²) in [7, 11) is 1.80. The van der Waals surface area contributed by atoms with E-state index in [1.54, 1.807) is 12.1 Å². The SMILES string of the molecule is Cc1ccc(NC(=O)c2cc(CNC(=O)c3ncnc4c3CN(C)N4)no2)cc1C(F)(F)F. The average Bonchev–Trinajstić information content (AvgIpc) is 3.38. The molecule has 1 aliphatic rings. The largest absolute Gasteiger partial charge is 0.416 e. The summed E-state index contributed by atoms with van der Waals surface area (Å²) in [5, 5.41) is 10.5. The van der Waals surface area contributed by atoms with Crippen LogP contribution in [0.25, 0.3) is 0 Å². The number of carbonyl (C=O) groups is 2. The fourth-order valence-electron chi connectivity index (χ4n) is 3.27. The van der Waals surface area contributed by atoms with E-state index in [0.717, 1.165) is 6.07 Å². The minimum Gasteiger partial charge on any atom is -0.351 e. The maximum Gasteiger partial charge on any atom is 0.416 e. The first kappa shape index (κ1) is 22.2. The van der Waals surface area contributed by atoms with Crippen molar-refractivity contribution in [2.45, 2.75) is 26.2 Å². The highest BCUT2D eigenvalue weighted by Gasteiger charge is 2.32. The van der Waals surface area contributed by atoms with Crippen LogP contribution in [-0.4, -0.2) is 39.0 Å². The molecule has 0 radical (unpaired) electrons. The van der Waals surface area contributed by atoms with E-state index in [9.17, 15) is 22.8 Å². The Balaban J connectivity index is 1.39. The molecule has 10 nitrogen and oxygen atoms in total. The summed E-state index contributed by atoms with van der Waals surface area (Å²) in [6, 6.07) is 4.74. The lowest BCUT2D eigenvalue weighted by atomic mass is 10.1. The van der Waals surface area contributed by atoms with Crippen molar-refractivity contribution < 1.29 is 27.3 Å². The first-order valence-corrected chi connectivity index (χ1v) is 9.66. The molecule has 3 aromatic rings. The van der Waals surface area contributed by atoms with Crippen LogP contribution in [0.5, 0.6) is 0 Å².